The third kappa shape index (κ3) is 3.13. The van der Waals surface area contributed by atoms with Crippen molar-refractivity contribution in [2.75, 3.05) is 13.1 Å². The Morgan fingerprint density at radius 2 is 2.05 bits per heavy atom. The first-order valence-corrected chi connectivity index (χ1v) is 8.97. The second-order valence-electron chi connectivity index (χ2n) is 5.12. The molecule has 2 N–H and O–H groups in total. The molecule has 4 nitrogen and oxygen atoms in total. The molecule has 0 spiro atoms. The summed E-state index contributed by atoms with van der Waals surface area (Å²) in [6, 6.07) is 1.78. The van der Waals surface area contributed by atoms with E-state index in [0.717, 1.165) is 29.7 Å². The minimum Gasteiger partial charge on any atom is -0.328 e. The molecule has 7 heteroatoms. The molecule has 1 atom stereocenters. The fraction of sp³-hybridized carbons (Fsp3) is 0.667. The van der Waals surface area contributed by atoms with Crippen LogP contribution in [0.4, 0.5) is 0 Å². The molecule has 2 heterocycles. The van der Waals surface area contributed by atoms with Crippen molar-refractivity contribution in [3.05, 3.63) is 16.0 Å². The van der Waals surface area contributed by atoms with Gasteiger partial charge in [-0.15, -0.1) is 11.3 Å². The Bertz CT molecular complexity index is 527. The largest absolute Gasteiger partial charge is 0.328 e. The van der Waals surface area contributed by atoms with Crippen LogP contribution in [0.15, 0.2) is 10.3 Å². The molecule has 0 bridgehead atoms. The van der Waals surface area contributed by atoms with Crippen LogP contribution in [0.1, 0.15) is 25.3 Å². The van der Waals surface area contributed by atoms with Crippen LogP contribution in [-0.4, -0.2) is 31.9 Å². The van der Waals surface area contributed by atoms with Gasteiger partial charge in [-0.2, -0.15) is 4.31 Å². The number of aryl methyl sites for hydroxylation is 1. The van der Waals surface area contributed by atoms with Crippen molar-refractivity contribution in [1.82, 2.24) is 4.31 Å². The fourth-order valence-corrected chi connectivity index (χ4v) is 5.66. The third-order valence-corrected chi connectivity index (χ3v) is 7.57. The van der Waals surface area contributed by atoms with Crippen molar-refractivity contribution in [3.63, 3.8) is 0 Å². The molecule has 0 saturated carbocycles. The van der Waals surface area contributed by atoms with Gasteiger partial charge in [-0.05, 0) is 44.2 Å². The van der Waals surface area contributed by atoms with E-state index in [4.69, 9.17) is 17.3 Å². The van der Waals surface area contributed by atoms with Gasteiger partial charge in [0.25, 0.3) is 10.0 Å². The summed E-state index contributed by atoms with van der Waals surface area (Å²) >= 11 is 7.09. The molecule has 1 aromatic rings. The lowest BCUT2D eigenvalue weighted by Gasteiger charge is -2.32. The van der Waals surface area contributed by atoms with Gasteiger partial charge in [-0.3, -0.25) is 0 Å². The van der Waals surface area contributed by atoms with Crippen molar-refractivity contribution < 1.29 is 8.42 Å². The third-order valence-electron chi connectivity index (χ3n) is 3.67. The summed E-state index contributed by atoms with van der Waals surface area (Å²) in [6.45, 7) is 4.89. The van der Waals surface area contributed by atoms with Crippen LogP contribution in [0, 0.1) is 12.8 Å². The number of hydrogen-bond acceptors (Lipinski definition) is 4. The molecule has 2 rings (SSSR count). The Hall–Kier alpha value is -0.140. The molecular formula is C12H19ClN2O2S2. The van der Waals surface area contributed by atoms with Crippen LogP contribution in [0.3, 0.4) is 0 Å². The maximum Gasteiger partial charge on any atom is 0.252 e. The number of rotatable bonds is 3. The number of halogens is 1. The lowest BCUT2D eigenvalue weighted by atomic mass is 9.92. The Labute approximate surface area is 123 Å². The molecule has 1 aliphatic heterocycles. The average Bonchev–Trinajstić information content (AvgIpc) is 2.70. The minimum atomic E-state index is -3.39. The standard InChI is InChI=1S/C12H19ClN2O2S2/c1-8-7-11(18-12(8)13)19(16,17)15-5-3-10(4-6-15)9(2)14/h7,9-10H,3-6,14H2,1-2H3. The highest BCUT2D eigenvalue weighted by Gasteiger charge is 2.31. The number of hydrogen-bond donors (Lipinski definition) is 1. The molecule has 1 aliphatic rings. The number of piperidine rings is 1. The first-order chi connectivity index (χ1) is 8.82. The predicted octanol–water partition coefficient (Wildman–Crippen LogP) is 2.46. The highest BCUT2D eigenvalue weighted by atomic mass is 35.5. The van der Waals surface area contributed by atoms with E-state index in [1.807, 2.05) is 13.8 Å². The Morgan fingerprint density at radius 1 is 1.47 bits per heavy atom. The van der Waals surface area contributed by atoms with E-state index in [1.165, 1.54) is 0 Å². The van der Waals surface area contributed by atoms with E-state index in [0.29, 0.717) is 27.6 Å². The second kappa shape index (κ2) is 5.69. The Balaban J connectivity index is 2.14. The van der Waals surface area contributed by atoms with Gasteiger partial charge in [0.05, 0.1) is 4.34 Å². The van der Waals surface area contributed by atoms with Gasteiger partial charge in [0.2, 0.25) is 0 Å². The Morgan fingerprint density at radius 3 is 2.47 bits per heavy atom. The van der Waals surface area contributed by atoms with Gasteiger partial charge >= 0.3 is 0 Å². The quantitative estimate of drug-likeness (QED) is 0.929. The summed E-state index contributed by atoms with van der Waals surface area (Å²) < 4.78 is 27.4. The van der Waals surface area contributed by atoms with Crippen LogP contribution in [0.25, 0.3) is 0 Å². The molecule has 1 saturated heterocycles. The summed E-state index contributed by atoms with van der Waals surface area (Å²) in [5, 5.41) is 0. The second-order valence-corrected chi connectivity index (χ2v) is 8.94. The summed E-state index contributed by atoms with van der Waals surface area (Å²) in [7, 11) is -3.39. The molecular weight excluding hydrogens is 304 g/mol. The van der Waals surface area contributed by atoms with Crippen LogP contribution < -0.4 is 5.73 Å². The molecule has 1 unspecified atom stereocenters. The van der Waals surface area contributed by atoms with E-state index in [9.17, 15) is 8.42 Å². The lowest BCUT2D eigenvalue weighted by Crippen LogP contribution is -2.42. The SMILES string of the molecule is Cc1cc(S(=O)(=O)N2CCC(C(C)N)CC2)sc1Cl. The van der Waals surface area contributed by atoms with Gasteiger partial charge in [-0.25, -0.2) is 8.42 Å². The topological polar surface area (TPSA) is 63.4 Å². The molecule has 1 fully saturated rings. The first-order valence-electron chi connectivity index (χ1n) is 6.34. The fourth-order valence-electron chi connectivity index (χ4n) is 2.33. The van der Waals surface area contributed by atoms with E-state index >= 15 is 0 Å². The van der Waals surface area contributed by atoms with E-state index in [1.54, 1.807) is 10.4 Å². The highest BCUT2D eigenvalue weighted by Crippen LogP contribution is 2.33. The zero-order valence-electron chi connectivity index (χ0n) is 11.1. The summed E-state index contributed by atoms with van der Waals surface area (Å²) in [5.41, 5.74) is 6.69. The molecule has 0 amide bonds. The summed E-state index contributed by atoms with van der Waals surface area (Å²) in [5.74, 6) is 0.417. The van der Waals surface area contributed by atoms with Gasteiger partial charge in [0, 0.05) is 19.1 Å². The molecule has 108 valence electrons. The highest BCUT2D eigenvalue weighted by molar-refractivity contribution is 7.91. The summed E-state index contributed by atoms with van der Waals surface area (Å²) in [4.78, 5) is 0. The monoisotopic (exact) mass is 322 g/mol. The molecule has 0 aromatic carbocycles. The molecule has 0 radical (unpaired) electrons. The van der Waals surface area contributed by atoms with Crippen molar-refractivity contribution in [2.45, 2.75) is 36.9 Å². The summed E-state index contributed by atoms with van der Waals surface area (Å²) in [6.07, 6.45) is 1.66. The van der Waals surface area contributed by atoms with Crippen LogP contribution >= 0.6 is 22.9 Å². The van der Waals surface area contributed by atoms with Gasteiger partial charge in [0.15, 0.2) is 0 Å². The van der Waals surface area contributed by atoms with E-state index in [-0.39, 0.29) is 6.04 Å². The van der Waals surface area contributed by atoms with Gasteiger partial charge < -0.3 is 5.73 Å². The maximum absolute atomic E-state index is 12.5. The van der Waals surface area contributed by atoms with Crippen molar-refractivity contribution in [3.8, 4) is 0 Å². The normalized spacial score (nSPS) is 20.6. The number of nitrogens with two attached hydrogens (primary N) is 1. The number of sulfonamides is 1. The van der Waals surface area contributed by atoms with Crippen molar-refractivity contribution in [1.29, 1.82) is 0 Å². The zero-order valence-corrected chi connectivity index (χ0v) is 13.5. The first kappa shape index (κ1) is 15.3. The lowest BCUT2D eigenvalue weighted by molar-refractivity contribution is 0.251. The smallest absolute Gasteiger partial charge is 0.252 e. The van der Waals surface area contributed by atoms with Gasteiger partial charge in [0.1, 0.15) is 4.21 Å². The van der Waals surface area contributed by atoms with Crippen molar-refractivity contribution >= 4 is 33.0 Å². The van der Waals surface area contributed by atoms with E-state index < -0.39 is 10.0 Å². The maximum atomic E-state index is 12.5. The van der Waals surface area contributed by atoms with E-state index in [2.05, 4.69) is 0 Å². The number of thiophene rings is 1. The van der Waals surface area contributed by atoms with Crippen LogP contribution in [0.2, 0.25) is 4.34 Å². The molecule has 1 aromatic heterocycles. The average molecular weight is 323 g/mol. The van der Waals surface area contributed by atoms with Crippen molar-refractivity contribution in [2.24, 2.45) is 11.7 Å². The van der Waals surface area contributed by atoms with Crippen LogP contribution in [-0.2, 0) is 10.0 Å². The minimum absolute atomic E-state index is 0.128. The molecule has 19 heavy (non-hydrogen) atoms. The number of nitrogens with zero attached hydrogens (tertiary/aromatic N) is 1. The zero-order chi connectivity index (χ0) is 14.2. The Kier molecular flexibility index (Phi) is 4.57. The van der Waals surface area contributed by atoms with Crippen LogP contribution in [0.5, 0.6) is 0 Å². The predicted molar refractivity (Wildman–Crippen MR) is 79.2 cm³/mol. The van der Waals surface area contributed by atoms with Gasteiger partial charge in [-0.1, -0.05) is 11.6 Å². The molecule has 0 aliphatic carbocycles.